The molecule has 0 fully saturated rings. The van der Waals surface area contributed by atoms with Crippen LogP contribution in [0.15, 0.2) is 59.5 Å². The van der Waals surface area contributed by atoms with Crippen molar-refractivity contribution >= 4 is 27.1 Å². The first-order valence-corrected chi connectivity index (χ1v) is 10.0. The molecule has 2 aromatic carbocycles. The molecule has 0 unspecified atom stereocenters. The number of anilines is 2. The SMILES string of the molecule is CCN(CC)c1ccc(NC(=O)CCS(=O)(=O)c2ccccc2)cc1. The monoisotopic (exact) mass is 360 g/mol. The van der Waals surface area contributed by atoms with E-state index in [1.54, 1.807) is 30.3 Å². The Hall–Kier alpha value is -2.34. The summed E-state index contributed by atoms with van der Waals surface area (Å²) in [6.45, 7) is 6.01. The number of rotatable bonds is 8. The summed E-state index contributed by atoms with van der Waals surface area (Å²) in [6, 6.07) is 15.7. The largest absolute Gasteiger partial charge is 0.372 e. The number of nitrogens with one attached hydrogen (secondary N) is 1. The molecule has 0 spiro atoms. The second-order valence-electron chi connectivity index (χ2n) is 5.65. The van der Waals surface area contributed by atoms with E-state index in [9.17, 15) is 13.2 Å². The van der Waals surface area contributed by atoms with E-state index in [1.807, 2.05) is 24.3 Å². The van der Waals surface area contributed by atoms with Crippen molar-refractivity contribution in [1.29, 1.82) is 0 Å². The van der Waals surface area contributed by atoms with Gasteiger partial charge >= 0.3 is 0 Å². The number of amides is 1. The van der Waals surface area contributed by atoms with Crippen LogP contribution < -0.4 is 10.2 Å². The third-order valence-electron chi connectivity index (χ3n) is 3.98. The molecule has 0 saturated carbocycles. The van der Waals surface area contributed by atoms with Crippen LogP contribution in [0.3, 0.4) is 0 Å². The summed E-state index contributed by atoms with van der Waals surface area (Å²) < 4.78 is 24.4. The molecule has 1 amide bonds. The molecule has 5 nitrogen and oxygen atoms in total. The molecular weight excluding hydrogens is 336 g/mol. The van der Waals surface area contributed by atoms with Gasteiger partial charge in [0.05, 0.1) is 10.6 Å². The molecule has 0 saturated heterocycles. The van der Waals surface area contributed by atoms with Crippen molar-refractivity contribution in [2.75, 3.05) is 29.1 Å². The van der Waals surface area contributed by atoms with Gasteiger partial charge in [-0.25, -0.2) is 8.42 Å². The van der Waals surface area contributed by atoms with Crippen molar-refractivity contribution in [3.63, 3.8) is 0 Å². The van der Waals surface area contributed by atoms with Crippen LogP contribution in [-0.2, 0) is 14.6 Å². The highest BCUT2D eigenvalue weighted by Gasteiger charge is 2.16. The first kappa shape index (κ1) is 19.0. The van der Waals surface area contributed by atoms with Gasteiger partial charge in [0.15, 0.2) is 9.84 Å². The van der Waals surface area contributed by atoms with Crippen molar-refractivity contribution in [1.82, 2.24) is 0 Å². The van der Waals surface area contributed by atoms with Gasteiger partial charge in [0, 0.05) is 30.9 Å². The van der Waals surface area contributed by atoms with E-state index in [0.717, 1.165) is 18.8 Å². The molecule has 0 bridgehead atoms. The van der Waals surface area contributed by atoms with E-state index in [-0.39, 0.29) is 23.0 Å². The Bertz CT molecular complexity index is 783. The van der Waals surface area contributed by atoms with Crippen molar-refractivity contribution in [2.45, 2.75) is 25.2 Å². The van der Waals surface area contributed by atoms with Gasteiger partial charge < -0.3 is 10.2 Å². The maximum Gasteiger partial charge on any atom is 0.225 e. The molecule has 2 aromatic rings. The number of sulfone groups is 1. The van der Waals surface area contributed by atoms with Gasteiger partial charge in [0.1, 0.15) is 0 Å². The Labute approximate surface area is 149 Å². The second-order valence-corrected chi connectivity index (χ2v) is 7.76. The highest BCUT2D eigenvalue weighted by Crippen LogP contribution is 2.18. The minimum atomic E-state index is -3.44. The summed E-state index contributed by atoms with van der Waals surface area (Å²) in [7, 11) is -3.44. The molecule has 0 radical (unpaired) electrons. The minimum absolute atomic E-state index is 0.0744. The highest BCUT2D eigenvalue weighted by atomic mass is 32.2. The van der Waals surface area contributed by atoms with Crippen LogP contribution in [0.1, 0.15) is 20.3 Å². The zero-order valence-electron chi connectivity index (χ0n) is 14.6. The van der Waals surface area contributed by atoms with Gasteiger partial charge in [-0.1, -0.05) is 18.2 Å². The fraction of sp³-hybridized carbons (Fsp3) is 0.316. The van der Waals surface area contributed by atoms with E-state index in [4.69, 9.17) is 0 Å². The Balaban J connectivity index is 1.92. The van der Waals surface area contributed by atoms with Gasteiger partial charge in [0.2, 0.25) is 5.91 Å². The lowest BCUT2D eigenvalue weighted by Crippen LogP contribution is -2.21. The van der Waals surface area contributed by atoms with Gasteiger partial charge in [-0.3, -0.25) is 4.79 Å². The Morgan fingerprint density at radius 1 is 0.960 bits per heavy atom. The van der Waals surface area contributed by atoms with Crippen molar-refractivity contribution in [3.05, 3.63) is 54.6 Å². The third kappa shape index (κ3) is 5.32. The zero-order valence-corrected chi connectivity index (χ0v) is 15.4. The van der Waals surface area contributed by atoms with Crippen LogP contribution in [0.25, 0.3) is 0 Å². The molecule has 0 aliphatic carbocycles. The number of hydrogen-bond acceptors (Lipinski definition) is 4. The minimum Gasteiger partial charge on any atom is -0.372 e. The molecule has 0 atom stereocenters. The van der Waals surface area contributed by atoms with Gasteiger partial charge in [-0.2, -0.15) is 0 Å². The molecule has 2 rings (SSSR count). The first-order chi connectivity index (χ1) is 12.0. The molecule has 0 aliphatic heterocycles. The van der Waals surface area contributed by atoms with Crippen LogP contribution in [0.5, 0.6) is 0 Å². The fourth-order valence-electron chi connectivity index (χ4n) is 2.54. The Morgan fingerprint density at radius 2 is 1.56 bits per heavy atom. The average molecular weight is 360 g/mol. The van der Waals surface area contributed by atoms with Crippen LogP contribution >= 0.6 is 0 Å². The lowest BCUT2D eigenvalue weighted by atomic mass is 10.2. The van der Waals surface area contributed by atoms with E-state index in [2.05, 4.69) is 24.1 Å². The molecule has 25 heavy (non-hydrogen) atoms. The summed E-state index contributed by atoms with van der Waals surface area (Å²) in [4.78, 5) is 14.5. The Kier molecular flexibility index (Phi) is 6.58. The number of carbonyl (C=O) groups excluding carboxylic acids is 1. The van der Waals surface area contributed by atoms with Crippen LogP contribution in [0.4, 0.5) is 11.4 Å². The van der Waals surface area contributed by atoms with Gasteiger partial charge in [-0.05, 0) is 50.2 Å². The average Bonchev–Trinajstić information content (AvgIpc) is 2.63. The number of benzene rings is 2. The molecule has 1 N–H and O–H groups in total. The smallest absolute Gasteiger partial charge is 0.225 e. The summed E-state index contributed by atoms with van der Waals surface area (Å²) in [5.74, 6) is -0.518. The first-order valence-electron chi connectivity index (χ1n) is 8.39. The third-order valence-corrected chi connectivity index (χ3v) is 5.71. The molecule has 0 aromatic heterocycles. The lowest BCUT2D eigenvalue weighted by Gasteiger charge is -2.21. The van der Waals surface area contributed by atoms with Crippen LogP contribution in [0, 0.1) is 0 Å². The Morgan fingerprint density at radius 3 is 2.12 bits per heavy atom. The number of carbonyl (C=O) groups is 1. The molecule has 6 heteroatoms. The maximum absolute atomic E-state index is 12.2. The zero-order chi connectivity index (χ0) is 18.3. The maximum atomic E-state index is 12.2. The van der Waals surface area contributed by atoms with Gasteiger partial charge in [-0.15, -0.1) is 0 Å². The quantitative estimate of drug-likeness (QED) is 0.784. The molecule has 0 aliphatic rings. The van der Waals surface area contributed by atoms with Crippen molar-refractivity contribution in [3.8, 4) is 0 Å². The van der Waals surface area contributed by atoms with Crippen molar-refractivity contribution in [2.24, 2.45) is 0 Å². The predicted molar refractivity (Wildman–Crippen MR) is 102 cm³/mol. The number of hydrogen-bond donors (Lipinski definition) is 1. The molecule has 0 heterocycles. The standard InChI is InChI=1S/C19H24N2O3S/c1-3-21(4-2)17-12-10-16(11-13-17)20-19(22)14-15-25(23,24)18-8-6-5-7-9-18/h5-13H,3-4,14-15H2,1-2H3,(H,20,22). The summed E-state index contributed by atoms with van der Waals surface area (Å²) in [6.07, 6.45) is -0.0744. The van der Waals surface area contributed by atoms with E-state index in [1.165, 1.54) is 0 Å². The predicted octanol–water partition coefficient (Wildman–Crippen LogP) is 3.34. The fourth-order valence-corrected chi connectivity index (χ4v) is 3.80. The highest BCUT2D eigenvalue weighted by molar-refractivity contribution is 7.91. The summed E-state index contributed by atoms with van der Waals surface area (Å²) in [5, 5.41) is 2.75. The van der Waals surface area contributed by atoms with Crippen LogP contribution in [0.2, 0.25) is 0 Å². The van der Waals surface area contributed by atoms with Crippen molar-refractivity contribution < 1.29 is 13.2 Å². The van der Waals surface area contributed by atoms with E-state index < -0.39 is 9.84 Å². The second kappa shape index (κ2) is 8.67. The van der Waals surface area contributed by atoms with E-state index >= 15 is 0 Å². The van der Waals surface area contributed by atoms with E-state index in [0.29, 0.717) is 5.69 Å². The molecular formula is C19H24N2O3S. The summed E-state index contributed by atoms with van der Waals surface area (Å²) >= 11 is 0. The number of nitrogens with zero attached hydrogens (tertiary/aromatic N) is 1. The summed E-state index contributed by atoms with van der Waals surface area (Å²) in [5.41, 5.74) is 1.76. The molecule has 134 valence electrons. The van der Waals surface area contributed by atoms with Crippen LogP contribution in [-0.4, -0.2) is 33.2 Å². The van der Waals surface area contributed by atoms with Gasteiger partial charge in [0.25, 0.3) is 0 Å². The topological polar surface area (TPSA) is 66.5 Å². The normalized spacial score (nSPS) is 11.1. The lowest BCUT2D eigenvalue weighted by molar-refractivity contribution is -0.115.